The maximum absolute atomic E-state index is 12.5. The van der Waals surface area contributed by atoms with E-state index in [9.17, 15) is 13.8 Å². The Labute approximate surface area is 137 Å². The van der Waals surface area contributed by atoms with Gasteiger partial charge in [-0.05, 0) is 23.4 Å². The minimum Gasteiger partial charge on any atom is -0.340 e. The highest BCUT2D eigenvalue weighted by Crippen LogP contribution is 2.11. The molecule has 0 spiro atoms. The van der Waals surface area contributed by atoms with Crippen molar-refractivity contribution in [3.63, 3.8) is 0 Å². The Bertz CT molecular complexity index is 815. The molecular weight excluding hydrogens is 312 g/mol. The molecule has 0 bridgehead atoms. The van der Waals surface area contributed by atoms with Crippen LogP contribution in [-0.2, 0) is 22.1 Å². The van der Waals surface area contributed by atoms with Gasteiger partial charge in [-0.3, -0.25) is 13.8 Å². The minimum absolute atomic E-state index is 0.0308. The molecule has 2 atom stereocenters. The lowest BCUT2D eigenvalue weighted by Crippen LogP contribution is -2.39. The fourth-order valence-electron chi connectivity index (χ4n) is 2.96. The summed E-state index contributed by atoms with van der Waals surface area (Å²) in [6.07, 6.45) is 1.67. The number of carbonyl (C=O) groups is 1. The predicted octanol–water partition coefficient (Wildman–Crippen LogP) is 1.23. The van der Waals surface area contributed by atoms with Gasteiger partial charge in [0.05, 0.1) is 0 Å². The number of hydrogen-bond donors (Lipinski definition) is 0. The SMILES string of the molecule is CC1CN(C(=O)Cn2ccc3ccccc3c2=O)CCS(=O)C1. The van der Waals surface area contributed by atoms with Gasteiger partial charge in [0.1, 0.15) is 6.54 Å². The van der Waals surface area contributed by atoms with Crippen LogP contribution in [0.4, 0.5) is 0 Å². The van der Waals surface area contributed by atoms with Crippen molar-refractivity contribution in [2.45, 2.75) is 13.5 Å². The van der Waals surface area contributed by atoms with E-state index in [1.165, 1.54) is 4.57 Å². The van der Waals surface area contributed by atoms with E-state index in [0.29, 0.717) is 30.0 Å². The number of fused-ring (bicyclic) bond motifs is 1. The molecule has 2 heterocycles. The Hall–Kier alpha value is -1.95. The largest absolute Gasteiger partial charge is 0.340 e. The smallest absolute Gasteiger partial charge is 0.258 e. The van der Waals surface area contributed by atoms with E-state index in [-0.39, 0.29) is 23.9 Å². The first-order valence-corrected chi connectivity index (χ1v) is 9.24. The van der Waals surface area contributed by atoms with Gasteiger partial charge in [0.25, 0.3) is 5.56 Å². The van der Waals surface area contributed by atoms with Crippen LogP contribution in [0.1, 0.15) is 6.92 Å². The molecule has 1 fully saturated rings. The summed E-state index contributed by atoms with van der Waals surface area (Å²) in [5.41, 5.74) is -0.150. The number of aromatic nitrogens is 1. The molecule has 1 aliphatic rings. The summed E-state index contributed by atoms with van der Waals surface area (Å²) in [6.45, 7) is 3.14. The van der Waals surface area contributed by atoms with Crippen LogP contribution in [0.3, 0.4) is 0 Å². The summed E-state index contributed by atoms with van der Waals surface area (Å²) in [7, 11) is -0.857. The fourth-order valence-corrected chi connectivity index (χ4v) is 4.29. The molecule has 1 aromatic heterocycles. The molecule has 1 aliphatic heterocycles. The quantitative estimate of drug-likeness (QED) is 0.831. The number of pyridine rings is 1. The van der Waals surface area contributed by atoms with Gasteiger partial charge in [-0.2, -0.15) is 0 Å². The third-order valence-electron chi connectivity index (χ3n) is 4.14. The number of carbonyl (C=O) groups excluding carboxylic acids is 1. The van der Waals surface area contributed by atoms with Crippen molar-refractivity contribution in [2.75, 3.05) is 24.6 Å². The number of nitrogens with zero attached hydrogens (tertiary/aromatic N) is 2. The average Bonchev–Trinajstić information content (AvgIpc) is 2.70. The highest BCUT2D eigenvalue weighted by atomic mass is 32.2. The van der Waals surface area contributed by atoms with Crippen LogP contribution >= 0.6 is 0 Å². The normalized spacial score (nSPS) is 22.0. The second-order valence-electron chi connectivity index (χ2n) is 6.09. The number of hydrogen-bond acceptors (Lipinski definition) is 3. The van der Waals surface area contributed by atoms with E-state index in [1.807, 2.05) is 31.2 Å². The van der Waals surface area contributed by atoms with Gasteiger partial charge in [-0.1, -0.05) is 25.1 Å². The Kier molecular flexibility index (Phi) is 4.61. The van der Waals surface area contributed by atoms with Crippen LogP contribution in [0.2, 0.25) is 0 Å². The molecule has 0 saturated carbocycles. The second-order valence-corrected chi connectivity index (χ2v) is 7.71. The van der Waals surface area contributed by atoms with Crippen molar-refractivity contribution >= 4 is 27.5 Å². The summed E-state index contributed by atoms with van der Waals surface area (Å²) in [5.74, 6) is 1.28. The highest BCUT2D eigenvalue weighted by Gasteiger charge is 2.23. The Balaban J connectivity index is 1.81. The standard InChI is InChI=1S/C17H20N2O3S/c1-13-10-18(8-9-23(22)12-13)16(20)11-19-7-6-14-4-2-3-5-15(14)17(19)21/h2-7,13H,8-12H2,1H3. The van der Waals surface area contributed by atoms with Crippen molar-refractivity contribution < 1.29 is 9.00 Å². The third-order valence-corrected chi connectivity index (χ3v) is 5.71. The van der Waals surface area contributed by atoms with Crippen LogP contribution in [0, 0.1) is 5.92 Å². The predicted molar refractivity (Wildman–Crippen MR) is 91.8 cm³/mol. The Morgan fingerprint density at radius 2 is 2.09 bits per heavy atom. The van der Waals surface area contributed by atoms with Crippen LogP contribution < -0.4 is 5.56 Å². The summed E-state index contributed by atoms with van der Waals surface area (Å²) in [4.78, 5) is 26.7. The lowest BCUT2D eigenvalue weighted by Gasteiger charge is -2.22. The van der Waals surface area contributed by atoms with E-state index < -0.39 is 10.8 Å². The first-order valence-electron chi connectivity index (χ1n) is 7.75. The summed E-state index contributed by atoms with van der Waals surface area (Å²) in [6, 6.07) is 9.21. The van der Waals surface area contributed by atoms with E-state index in [1.54, 1.807) is 17.2 Å². The molecule has 23 heavy (non-hydrogen) atoms. The van der Waals surface area contributed by atoms with Gasteiger partial charge in [0.2, 0.25) is 5.91 Å². The van der Waals surface area contributed by atoms with Gasteiger partial charge in [0.15, 0.2) is 0 Å². The molecule has 0 aliphatic carbocycles. The molecule has 6 heteroatoms. The van der Waals surface area contributed by atoms with Crippen molar-refractivity contribution in [3.05, 3.63) is 46.9 Å². The van der Waals surface area contributed by atoms with E-state index in [4.69, 9.17) is 0 Å². The molecule has 2 unspecified atom stereocenters. The fraction of sp³-hybridized carbons (Fsp3) is 0.412. The van der Waals surface area contributed by atoms with Crippen molar-refractivity contribution in [1.82, 2.24) is 9.47 Å². The Morgan fingerprint density at radius 3 is 2.91 bits per heavy atom. The zero-order valence-corrected chi connectivity index (χ0v) is 13.9. The van der Waals surface area contributed by atoms with Gasteiger partial charge < -0.3 is 9.47 Å². The third kappa shape index (κ3) is 3.52. The monoisotopic (exact) mass is 332 g/mol. The molecule has 0 N–H and O–H groups in total. The van der Waals surface area contributed by atoms with Crippen molar-refractivity contribution in [2.24, 2.45) is 5.92 Å². The van der Waals surface area contributed by atoms with Gasteiger partial charge in [0, 0.05) is 47.0 Å². The molecule has 0 radical (unpaired) electrons. The molecule has 1 saturated heterocycles. The number of amides is 1. The van der Waals surface area contributed by atoms with Crippen molar-refractivity contribution in [3.8, 4) is 0 Å². The molecule has 5 nitrogen and oxygen atoms in total. The van der Waals surface area contributed by atoms with E-state index >= 15 is 0 Å². The summed E-state index contributed by atoms with van der Waals surface area (Å²) in [5, 5.41) is 1.49. The molecule has 3 rings (SSSR count). The lowest BCUT2D eigenvalue weighted by molar-refractivity contribution is -0.132. The molecule has 1 aromatic carbocycles. The zero-order valence-electron chi connectivity index (χ0n) is 13.1. The number of rotatable bonds is 2. The first kappa shape index (κ1) is 15.9. The second kappa shape index (κ2) is 6.66. The maximum atomic E-state index is 12.5. The average molecular weight is 332 g/mol. The molecule has 122 valence electrons. The maximum Gasteiger partial charge on any atom is 0.258 e. The first-order chi connectivity index (χ1) is 11.0. The molecule has 1 amide bonds. The van der Waals surface area contributed by atoms with E-state index in [0.717, 1.165) is 5.39 Å². The van der Waals surface area contributed by atoms with Gasteiger partial charge in [-0.25, -0.2) is 0 Å². The topological polar surface area (TPSA) is 59.4 Å². The van der Waals surface area contributed by atoms with Crippen LogP contribution in [0.5, 0.6) is 0 Å². The minimum atomic E-state index is -0.857. The Morgan fingerprint density at radius 1 is 1.30 bits per heavy atom. The summed E-state index contributed by atoms with van der Waals surface area (Å²) < 4.78 is 13.2. The number of benzene rings is 1. The summed E-state index contributed by atoms with van der Waals surface area (Å²) >= 11 is 0. The van der Waals surface area contributed by atoms with Gasteiger partial charge in [-0.15, -0.1) is 0 Å². The molecule has 2 aromatic rings. The van der Waals surface area contributed by atoms with Crippen LogP contribution in [0.25, 0.3) is 10.8 Å². The highest BCUT2D eigenvalue weighted by molar-refractivity contribution is 7.85. The van der Waals surface area contributed by atoms with Crippen LogP contribution in [0.15, 0.2) is 41.3 Å². The molecular formula is C17H20N2O3S. The van der Waals surface area contributed by atoms with E-state index in [2.05, 4.69) is 0 Å². The lowest BCUT2D eigenvalue weighted by atomic mass is 10.2. The van der Waals surface area contributed by atoms with Crippen molar-refractivity contribution in [1.29, 1.82) is 0 Å². The van der Waals surface area contributed by atoms with Gasteiger partial charge >= 0.3 is 0 Å². The zero-order chi connectivity index (χ0) is 16.4. The van der Waals surface area contributed by atoms with Crippen LogP contribution in [-0.4, -0.2) is 44.2 Å².